The standard InChI is InChI=1S/C15H21N3O/c1-11-9-13(11)15(19)17-12-5-6-14(16-10-12)18-7-3-2-4-8-18/h5-6,10-11,13H,2-4,7-9H2,1H3,(H,17,19)/t11-,13-/m1/s1. The maximum Gasteiger partial charge on any atom is 0.227 e. The Kier molecular flexibility index (Phi) is 3.40. The number of nitrogens with zero attached hydrogens (tertiary/aromatic N) is 2. The van der Waals surface area contributed by atoms with Crippen molar-refractivity contribution in [3.05, 3.63) is 18.3 Å². The van der Waals surface area contributed by atoms with Gasteiger partial charge in [0.05, 0.1) is 11.9 Å². The molecule has 1 aliphatic heterocycles. The lowest BCUT2D eigenvalue weighted by atomic mass is 10.1. The lowest BCUT2D eigenvalue weighted by Crippen LogP contribution is -2.30. The van der Waals surface area contributed by atoms with Crippen molar-refractivity contribution in [3.8, 4) is 0 Å². The van der Waals surface area contributed by atoms with E-state index in [1.165, 1.54) is 19.3 Å². The number of nitrogens with one attached hydrogen (secondary N) is 1. The summed E-state index contributed by atoms with van der Waals surface area (Å²) in [7, 11) is 0. The molecule has 102 valence electrons. The van der Waals surface area contributed by atoms with Crippen molar-refractivity contribution in [1.29, 1.82) is 0 Å². The van der Waals surface area contributed by atoms with E-state index in [1.54, 1.807) is 6.20 Å². The van der Waals surface area contributed by atoms with Crippen molar-refractivity contribution in [1.82, 2.24) is 4.98 Å². The number of carbonyl (C=O) groups excluding carboxylic acids is 1. The molecule has 1 saturated carbocycles. The summed E-state index contributed by atoms with van der Waals surface area (Å²) >= 11 is 0. The molecule has 4 heteroatoms. The highest BCUT2D eigenvalue weighted by Crippen LogP contribution is 2.38. The fraction of sp³-hybridized carbons (Fsp3) is 0.600. The second-order valence-electron chi connectivity index (χ2n) is 5.76. The summed E-state index contributed by atoms with van der Waals surface area (Å²) < 4.78 is 0. The van der Waals surface area contributed by atoms with E-state index in [2.05, 4.69) is 22.1 Å². The zero-order chi connectivity index (χ0) is 13.2. The van der Waals surface area contributed by atoms with Gasteiger partial charge in [0, 0.05) is 19.0 Å². The minimum atomic E-state index is 0.139. The SMILES string of the molecule is C[C@@H]1C[C@H]1C(=O)Nc1ccc(N2CCCCC2)nc1. The maximum absolute atomic E-state index is 11.8. The van der Waals surface area contributed by atoms with Gasteiger partial charge < -0.3 is 10.2 Å². The Morgan fingerprint density at radius 1 is 1.32 bits per heavy atom. The van der Waals surface area contributed by atoms with Crippen LogP contribution >= 0.6 is 0 Å². The van der Waals surface area contributed by atoms with Crippen molar-refractivity contribution < 1.29 is 4.79 Å². The monoisotopic (exact) mass is 259 g/mol. The topological polar surface area (TPSA) is 45.2 Å². The molecule has 2 aliphatic rings. The lowest BCUT2D eigenvalue weighted by molar-refractivity contribution is -0.117. The molecule has 3 rings (SSSR count). The molecule has 4 nitrogen and oxygen atoms in total. The minimum Gasteiger partial charge on any atom is -0.357 e. The maximum atomic E-state index is 11.8. The summed E-state index contributed by atoms with van der Waals surface area (Å²) in [5.74, 6) is 1.92. The van der Waals surface area contributed by atoms with Crippen molar-refractivity contribution in [2.45, 2.75) is 32.6 Å². The average molecular weight is 259 g/mol. The number of carbonyl (C=O) groups is 1. The highest BCUT2D eigenvalue weighted by Gasteiger charge is 2.39. The molecule has 19 heavy (non-hydrogen) atoms. The number of hydrogen-bond acceptors (Lipinski definition) is 3. The summed E-state index contributed by atoms with van der Waals surface area (Å²) in [6.07, 6.45) is 6.61. The molecule has 1 aromatic heterocycles. The Hall–Kier alpha value is -1.58. The Morgan fingerprint density at radius 2 is 2.05 bits per heavy atom. The van der Waals surface area contributed by atoms with Crippen LogP contribution in [0.5, 0.6) is 0 Å². The number of anilines is 2. The summed E-state index contributed by atoms with van der Waals surface area (Å²) in [5, 5.41) is 2.94. The average Bonchev–Trinajstić information content (AvgIpc) is 3.18. The van der Waals surface area contributed by atoms with E-state index in [0.29, 0.717) is 5.92 Å². The van der Waals surface area contributed by atoms with E-state index in [-0.39, 0.29) is 11.8 Å². The first-order chi connectivity index (χ1) is 9.24. The second-order valence-corrected chi connectivity index (χ2v) is 5.76. The van der Waals surface area contributed by atoms with Crippen LogP contribution in [0.1, 0.15) is 32.6 Å². The lowest BCUT2D eigenvalue weighted by Gasteiger charge is -2.27. The quantitative estimate of drug-likeness (QED) is 0.907. The number of piperidine rings is 1. The van der Waals surface area contributed by atoms with Gasteiger partial charge in [-0.05, 0) is 43.7 Å². The fourth-order valence-corrected chi connectivity index (χ4v) is 2.69. The van der Waals surface area contributed by atoms with Crippen molar-refractivity contribution in [2.75, 3.05) is 23.3 Å². The van der Waals surface area contributed by atoms with Gasteiger partial charge in [0.25, 0.3) is 0 Å². The first kappa shape index (κ1) is 12.5. The molecule has 1 aliphatic carbocycles. The smallest absolute Gasteiger partial charge is 0.227 e. The number of amides is 1. The predicted octanol–water partition coefficient (Wildman–Crippen LogP) is 2.67. The normalized spacial score (nSPS) is 26.1. The molecular formula is C15H21N3O. The zero-order valence-electron chi connectivity index (χ0n) is 11.4. The fourth-order valence-electron chi connectivity index (χ4n) is 2.69. The van der Waals surface area contributed by atoms with Crippen molar-refractivity contribution in [2.24, 2.45) is 11.8 Å². The molecule has 1 saturated heterocycles. The molecule has 0 bridgehead atoms. The number of rotatable bonds is 3. The van der Waals surface area contributed by atoms with Crippen LogP contribution in [0.2, 0.25) is 0 Å². The number of aromatic nitrogens is 1. The van der Waals surface area contributed by atoms with Gasteiger partial charge in [0.15, 0.2) is 0 Å². The largest absolute Gasteiger partial charge is 0.357 e. The molecular weight excluding hydrogens is 238 g/mol. The highest BCUT2D eigenvalue weighted by atomic mass is 16.2. The minimum absolute atomic E-state index is 0.139. The Bertz CT molecular complexity index is 451. The van der Waals surface area contributed by atoms with Crippen LogP contribution in [0.4, 0.5) is 11.5 Å². The second kappa shape index (κ2) is 5.19. The van der Waals surface area contributed by atoms with Gasteiger partial charge in [-0.15, -0.1) is 0 Å². The molecule has 1 aromatic rings. The predicted molar refractivity (Wildman–Crippen MR) is 76.2 cm³/mol. The van der Waals surface area contributed by atoms with Crippen LogP contribution in [0, 0.1) is 11.8 Å². The van der Waals surface area contributed by atoms with Crippen LogP contribution in [0.25, 0.3) is 0 Å². The third-order valence-electron chi connectivity index (χ3n) is 4.14. The first-order valence-electron chi connectivity index (χ1n) is 7.26. The van der Waals surface area contributed by atoms with Crippen molar-refractivity contribution in [3.63, 3.8) is 0 Å². The molecule has 1 N–H and O–H groups in total. The highest BCUT2D eigenvalue weighted by molar-refractivity contribution is 5.94. The van der Waals surface area contributed by atoms with Gasteiger partial charge in [-0.3, -0.25) is 4.79 Å². The van der Waals surface area contributed by atoms with E-state index < -0.39 is 0 Å². The van der Waals surface area contributed by atoms with Crippen LogP contribution in [0.15, 0.2) is 18.3 Å². The Labute approximate surface area is 114 Å². The molecule has 2 atom stereocenters. The van der Waals surface area contributed by atoms with E-state index in [1.807, 2.05) is 12.1 Å². The molecule has 2 heterocycles. The van der Waals surface area contributed by atoms with Gasteiger partial charge in [-0.25, -0.2) is 4.98 Å². The van der Waals surface area contributed by atoms with Crippen LogP contribution in [-0.2, 0) is 4.79 Å². The third kappa shape index (κ3) is 2.88. The molecule has 1 amide bonds. The van der Waals surface area contributed by atoms with E-state index in [0.717, 1.165) is 31.0 Å². The van der Waals surface area contributed by atoms with E-state index in [4.69, 9.17) is 0 Å². The van der Waals surface area contributed by atoms with Crippen LogP contribution in [-0.4, -0.2) is 24.0 Å². The van der Waals surface area contributed by atoms with Crippen LogP contribution in [0.3, 0.4) is 0 Å². The van der Waals surface area contributed by atoms with Crippen LogP contribution < -0.4 is 10.2 Å². The first-order valence-corrected chi connectivity index (χ1v) is 7.26. The van der Waals surface area contributed by atoms with Gasteiger partial charge in [0.2, 0.25) is 5.91 Å². The van der Waals surface area contributed by atoms with E-state index in [9.17, 15) is 4.79 Å². The summed E-state index contributed by atoms with van der Waals surface area (Å²) in [5.41, 5.74) is 0.810. The molecule has 0 radical (unpaired) electrons. The molecule has 0 unspecified atom stereocenters. The molecule has 0 aromatic carbocycles. The van der Waals surface area contributed by atoms with Gasteiger partial charge in [-0.2, -0.15) is 0 Å². The summed E-state index contributed by atoms with van der Waals surface area (Å²) in [4.78, 5) is 18.6. The Morgan fingerprint density at radius 3 is 2.63 bits per heavy atom. The summed E-state index contributed by atoms with van der Waals surface area (Å²) in [6.45, 7) is 4.30. The molecule has 2 fully saturated rings. The zero-order valence-corrected chi connectivity index (χ0v) is 11.4. The van der Waals surface area contributed by atoms with Gasteiger partial charge in [0.1, 0.15) is 5.82 Å². The summed E-state index contributed by atoms with van der Waals surface area (Å²) in [6, 6.07) is 3.97. The molecule has 0 spiro atoms. The van der Waals surface area contributed by atoms with Gasteiger partial charge in [-0.1, -0.05) is 6.92 Å². The van der Waals surface area contributed by atoms with Crippen molar-refractivity contribution >= 4 is 17.4 Å². The van der Waals surface area contributed by atoms with Gasteiger partial charge >= 0.3 is 0 Å². The number of pyridine rings is 1. The number of hydrogen-bond donors (Lipinski definition) is 1. The third-order valence-corrected chi connectivity index (χ3v) is 4.14. The Balaban J connectivity index is 1.60. The van der Waals surface area contributed by atoms with E-state index >= 15 is 0 Å².